The van der Waals surface area contributed by atoms with Gasteiger partial charge in [0.2, 0.25) is 0 Å². The fourth-order valence-electron chi connectivity index (χ4n) is 4.20. The molecule has 3 aromatic carbocycles. The van der Waals surface area contributed by atoms with E-state index in [9.17, 15) is 4.39 Å². The van der Waals surface area contributed by atoms with E-state index in [1.54, 1.807) is 12.3 Å². The molecule has 0 unspecified atom stereocenters. The SMILES string of the molecule is CC(C)(C)Cc1ccccc1.Cc1nccc(-c2ccc(OCc3ccc4cc(F)ccc4n3)cc2C)n1. The molecule has 0 saturated heterocycles. The molecule has 0 saturated carbocycles. The Balaban J connectivity index is 0.000000257. The molecule has 0 aliphatic rings. The van der Waals surface area contributed by atoms with Gasteiger partial charge in [0, 0.05) is 17.1 Å². The average molecular weight is 508 g/mol. The monoisotopic (exact) mass is 507 g/mol. The molecule has 4 nitrogen and oxygen atoms in total. The van der Waals surface area contributed by atoms with Gasteiger partial charge >= 0.3 is 0 Å². The largest absolute Gasteiger partial charge is 0.487 e. The predicted octanol–water partition coefficient (Wildman–Crippen LogP) is 8.30. The standard InChI is InChI=1S/C22H18FN3O.C11H16/c1-14-11-19(6-7-20(14)22-9-10-24-15(2)25-22)27-13-18-5-3-16-12-17(23)4-8-21(16)26-18;1-11(2,3)9-10-7-5-4-6-8-10/h3-12H,13H2,1-2H3;4-8H,9H2,1-3H3. The molecule has 5 heteroatoms. The molecule has 0 aliphatic carbocycles. The summed E-state index contributed by atoms with van der Waals surface area (Å²) in [6, 6.07) is 26.7. The van der Waals surface area contributed by atoms with Crippen molar-refractivity contribution >= 4 is 10.9 Å². The number of hydrogen-bond donors (Lipinski definition) is 0. The Morgan fingerprint density at radius 3 is 2.32 bits per heavy atom. The third-order valence-electron chi connectivity index (χ3n) is 5.92. The molecule has 0 aliphatic heterocycles. The Morgan fingerprint density at radius 2 is 1.61 bits per heavy atom. The van der Waals surface area contributed by atoms with Crippen LogP contribution in [-0.4, -0.2) is 15.0 Å². The van der Waals surface area contributed by atoms with Crippen LogP contribution >= 0.6 is 0 Å². The third kappa shape index (κ3) is 7.69. The van der Waals surface area contributed by atoms with Crippen molar-refractivity contribution in [3.8, 4) is 17.0 Å². The first-order chi connectivity index (χ1) is 18.2. The van der Waals surface area contributed by atoms with E-state index in [4.69, 9.17) is 4.74 Å². The van der Waals surface area contributed by atoms with Gasteiger partial charge in [-0.05, 0) is 85.3 Å². The van der Waals surface area contributed by atoms with E-state index in [1.165, 1.54) is 17.7 Å². The van der Waals surface area contributed by atoms with Crippen LogP contribution in [0.5, 0.6) is 5.75 Å². The molecule has 0 N–H and O–H groups in total. The van der Waals surface area contributed by atoms with E-state index in [2.05, 4.69) is 66.1 Å². The number of ether oxygens (including phenoxy) is 1. The van der Waals surface area contributed by atoms with E-state index < -0.39 is 0 Å². The molecule has 0 spiro atoms. The van der Waals surface area contributed by atoms with E-state index in [-0.39, 0.29) is 5.82 Å². The molecule has 38 heavy (non-hydrogen) atoms. The van der Waals surface area contributed by atoms with Gasteiger partial charge in [-0.15, -0.1) is 0 Å². The van der Waals surface area contributed by atoms with Gasteiger partial charge in [-0.2, -0.15) is 0 Å². The maximum Gasteiger partial charge on any atom is 0.130 e. The summed E-state index contributed by atoms with van der Waals surface area (Å²) in [5.41, 5.74) is 6.41. The van der Waals surface area contributed by atoms with Gasteiger partial charge in [0.25, 0.3) is 0 Å². The summed E-state index contributed by atoms with van der Waals surface area (Å²) in [6.07, 6.45) is 2.92. The topological polar surface area (TPSA) is 47.9 Å². The second kappa shape index (κ2) is 12.0. The van der Waals surface area contributed by atoms with Gasteiger partial charge < -0.3 is 4.74 Å². The maximum atomic E-state index is 13.3. The summed E-state index contributed by atoms with van der Waals surface area (Å²) in [7, 11) is 0. The Hall–Kier alpha value is -4.12. The van der Waals surface area contributed by atoms with Crippen LogP contribution in [0.3, 0.4) is 0 Å². The van der Waals surface area contributed by atoms with Crippen LogP contribution < -0.4 is 4.74 Å². The van der Waals surface area contributed by atoms with Crippen molar-refractivity contribution in [2.24, 2.45) is 5.41 Å². The Bertz CT molecular complexity index is 1510. The molecule has 0 fully saturated rings. The molecule has 0 bridgehead atoms. The van der Waals surface area contributed by atoms with Crippen molar-refractivity contribution in [3.63, 3.8) is 0 Å². The fourth-order valence-corrected chi connectivity index (χ4v) is 4.20. The van der Waals surface area contributed by atoms with E-state index in [0.29, 0.717) is 12.0 Å². The van der Waals surface area contributed by atoms with Crippen molar-refractivity contribution < 1.29 is 9.13 Å². The summed E-state index contributed by atoms with van der Waals surface area (Å²) >= 11 is 0. The van der Waals surface area contributed by atoms with Crippen molar-refractivity contribution in [3.05, 3.63) is 120 Å². The molecule has 2 aromatic heterocycles. The van der Waals surface area contributed by atoms with Crippen molar-refractivity contribution in [2.45, 2.75) is 47.6 Å². The number of hydrogen-bond acceptors (Lipinski definition) is 4. The molecule has 194 valence electrons. The minimum atomic E-state index is -0.261. The summed E-state index contributed by atoms with van der Waals surface area (Å²) in [4.78, 5) is 13.1. The van der Waals surface area contributed by atoms with Crippen LogP contribution in [0.4, 0.5) is 4.39 Å². The zero-order valence-electron chi connectivity index (χ0n) is 22.7. The molecule has 0 atom stereocenters. The average Bonchev–Trinajstić information content (AvgIpc) is 2.87. The van der Waals surface area contributed by atoms with Gasteiger partial charge in [-0.1, -0.05) is 57.2 Å². The van der Waals surface area contributed by atoms with Gasteiger partial charge in [0.05, 0.1) is 16.9 Å². The first-order valence-corrected chi connectivity index (χ1v) is 12.8. The van der Waals surface area contributed by atoms with Crippen LogP contribution in [-0.2, 0) is 13.0 Å². The second-order valence-electron chi connectivity index (χ2n) is 10.6. The Kier molecular flexibility index (Phi) is 8.47. The highest BCUT2D eigenvalue weighted by molar-refractivity contribution is 5.78. The molecule has 0 radical (unpaired) electrons. The smallest absolute Gasteiger partial charge is 0.130 e. The predicted molar refractivity (Wildman–Crippen MR) is 153 cm³/mol. The molecular formula is C33H34FN3O. The molecule has 5 rings (SSSR count). The lowest BCUT2D eigenvalue weighted by Gasteiger charge is -2.17. The second-order valence-corrected chi connectivity index (χ2v) is 10.6. The lowest BCUT2D eigenvalue weighted by molar-refractivity contribution is 0.301. The molecule has 2 heterocycles. The Labute approximate surface area is 224 Å². The van der Waals surface area contributed by atoms with Crippen molar-refractivity contribution in [1.29, 1.82) is 0 Å². The maximum absolute atomic E-state index is 13.3. The highest BCUT2D eigenvalue weighted by Crippen LogP contribution is 2.26. The normalized spacial score (nSPS) is 11.1. The number of benzene rings is 3. The molecule has 5 aromatic rings. The fraction of sp³-hybridized carbons (Fsp3) is 0.242. The zero-order chi connectivity index (χ0) is 27.1. The van der Waals surface area contributed by atoms with Crippen molar-refractivity contribution in [1.82, 2.24) is 15.0 Å². The van der Waals surface area contributed by atoms with Crippen LogP contribution in [0.15, 0.2) is 91.1 Å². The van der Waals surface area contributed by atoms with Crippen LogP contribution in [0.25, 0.3) is 22.2 Å². The zero-order valence-corrected chi connectivity index (χ0v) is 22.7. The number of rotatable bonds is 5. The van der Waals surface area contributed by atoms with E-state index in [1.807, 2.05) is 50.2 Å². The summed E-state index contributed by atoms with van der Waals surface area (Å²) < 4.78 is 19.2. The summed E-state index contributed by atoms with van der Waals surface area (Å²) in [6.45, 7) is 11.0. The van der Waals surface area contributed by atoms with Gasteiger partial charge in [-0.25, -0.2) is 19.3 Å². The molecular weight excluding hydrogens is 473 g/mol. The van der Waals surface area contributed by atoms with E-state index >= 15 is 0 Å². The van der Waals surface area contributed by atoms with Gasteiger partial charge in [0.1, 0.15) is 24.0 Å². The lowest BCUT2D eigenvalue weighted by Crippen LogP contribution is -2.08. The summed E-state index contributed by atoms with van der Waals surface area (Å²) in [5, 5.41) is 0.777. The van der Waals surface area contributed by atoms with Crippen LogP contribution in [0.2, 0.25) is 0 Å². The summed E-state index contributed by atoms with van der Waals surface area (Å²) in [5.74, 6) is 1.25. The molecule has 0 amide bonds. The first-order valence-electron chi connectivity index (χ1n) is 12.8. The minimum absolute atomic E-state index is 0.261. The number of aryl methyl sites for hydroxylation is 2. The van der Waals surface area contributed by atoms with E-state index in [0.717, 1.165) is 51.4 Å². The quantitative estimate of drug-likeness (QED) is 0.240. The Morgan fingerprint density at radius 1 is 0.816 bits per heavy atom. The van der Waals surface area contributed by atoms with Crippen LogP contribution in [0.1, 0.15) is 43.4 Å². The van der Waals surface area contributed by atoms with Gasteiger partial charge in [-0.3, -0.25) is 0 Å². The number of nitrogens with zero attached hydrogens (tertiary/aromatic N) is 3. The number of fused-ring (bicyclic) bond motifs is 1. The number of aromatic nitrogens is 3. The number of halogens is 1. The van der Waals surface area contributed by atoms with Gasteiger partial charge in [0.15, 0.2) is 0 Å². The highest BCUT2D eigenvalue weighted by Gasteiger charge is 2.10. The minimum Gasteiger partial charge on any atom is -0.487 e. The van der Waals surface area contributed by atoms with Crippen LogP contribution in [0, 0.1) is 25.1 Å². The lowest BCUT2D eigenvalue weighted by atomic mass is 9.88. The van der Waals surface area contributed by atoms with Crippen molar-refractivity contribution in [2.75, 3.05) is 0 Å². The third-order valence-corrected chi connectivity index (χ3v) is 5.92. The number of pyridine rings is 1. The first kappa shape index (κ1) is 26.9. The highest BCUT2D eigenvalue weighted by atomic mass is 19.1.